The molecule has 0 bridgehead atoms. The third kappa shape index (κ3) is 3.33. The third-order valence-electron chi connectivity index (χ3n) is 5.13. The van der Waals surface area contributed by atoms with Gasteiger partial charge in [0.15, 0.2) is 0 Å². The van der Waals surface area contributed by atoms with Crippen LogP contribution < -0.4 is 5.32 Å². The van der Waals surface area contributed by atoms with Gasteiger partial charge in [0.25, 0.3) is 0 Å². The predicted octanol–water partition coefficient (Wildman–Crippen LogP) is 3.94. The number of nitrogens with zero attached hydrogens (tertiary/aromatic N) is 1. The van der Waals surface area contributed by atoms with E-state index in [-0.39, 0.29) is 11.4 Å². The topological polar surface area (TPSA) is 15.3 Å². The van der Waals surface area contributed by atoms with Crippen molar-refractivity contribution in [3.05, 3.63) is 34.1 Å². The summed E-state index contributed by atoms with van der Waals surface area (Å²) in [5, 5.41) is 3.76. The summed E-state index contributed by atoms with van der Waals surface area (Å²) < 4.78 is 14.3. The monoisotopic (exact) mass is 354 g/mol. The molecule has 1 aliphatic heterocycles. The molecule has 1 heterocycles. The molecular weight excluding hydrogens is 331 g/mol. The molecular formula is C17H24BrFN2. The molecule has 1 aromatic carbocycles. The Morgan fingerprint density at radius 3 is 2.86 bits per heavy atom. The highest BCUT2D eigenvalue weighted by Crippen LogP contribution is 2.41. The zero-order valence-electron chi connectivity index (χ0n) is 12.8. The predicted molar refractivity (Wildman–Crippen MR) is 87.7 cm³/mol. The second-order valence-electron chi connectivity index (χ2n) is 6.87. The maximum absolute atomic E-state index is 13.7. The van der Waals surface area contributed by atoms with Gasteiger partial charge in [-0.1, -0.05) is 12.1 Å². The van der Waals surface area contributed by atoms with Crippen molar-refractivity contribution in [3.8, 4) is 0 Å². The molecule has 2 atom stereocenters. The molecule has 2 nitrogen and oxygen atoms in total. The minimum Gasteiger partial charge on any atom is -0.310 e. The van der Waals surface area contributed by atoms with Gasteiger partial charge in [-0.2, -0.15) is 0 Å². The Labute approximate surface area is 135 Å². The van der Waals surface area contributed by atoms with Gasteiger partial charge in [0, 0.05) is 24.7 Å². The maximum atomic E-state index is 13.7. The Morgan fingerprint density at radius 2 is 2.14 bits per heavy atom. The summed E-state index contributed by atoms with van der Waals surface area (Å²) >= 11 is 3.40. The first-order valence-electron chi connectivity index (χ1n) is 7.91. The van der Waals surface area contributed by atoms with Crippen molar-refractivity contribution >= 4 is 15.9 Å². The quantitative estimate of drug-likeness (QED) is 0.884. The minimum absolute atomic E-state index is 0.168. The second kappa shape index (κ2) is 5.98. The summed E-state index contributed by atoms with van der Waals surface area (Å²) in [7, 11) is 0. The smallest absolute Gasteiger partial charge is 0.137 e. The number of benzene rings is 1. The van der Waals surface area contributed by atoms with E-state index in [4.69, 9.17) is 0 Å². The first kappa shape index (κ1) is 15.4. The molecule has 4 heteroatoms. The van der Waals surface area contributed by atoms with Crippen LogP contribution in [0.4, 0.5) is 4.39 Å². The second-order valence-corrected chi connectivity index (χ2v) is 7.67. The lowest BCUT2D eigenvalue weighted by Gasteiger charge is -2.36. The zero-order chi connectivity index (χ0) is 15.0. The van der Waals surface area contributed by atoms with E-state index >= 15 is 0 Å². The minimum atomic E-state index is -0.168. The summed E-state index contributed by atoms with van der Waals surface area (Å²) in [6.45, 7) is 7.57. The summed E-state index contributed by atoms with van der Waals surface area (Å²) in [5.41, 5.74) is 1.26. The molecule has 1 saturated heterocycles. The van der Waals surface area contributed by atoms with Gasteiger partial charge < -0.3 is 5.32 Å². The SMILES string of the molecule is CC1CCNC(C)(C2CC2)CN1Cc1cccc(F)c1Br. The zero-order valence-corrected chi connectivity index (χ0v) is 14.4. The fraction of sp³-hybridized carbons (Fsp3) is 0.647. The van der Waals surface area contributed by atoms with Gasteiger partial charge >= 0.3 is 0 Å². The molecule has 3 rings (SSSR count). The van der Waals surface area contributed by atoms with Gasteiger partial charge in [-0.3, -0.25) is 4.90 Å². The number of halogens is 2. The van der Waals surface area contributed by atoms with E-state index < -0.39 is 0 Å². The molecule has 1 saturated carbocycles. The molecule has 0 spiro atoms. The van der Waals surface area contributed by atoms with Crippen LogP contribution in [0, 0.1) is 11.7 Å². The van der Waals surface area contributed by atoms with E-state index in [1.807, 2.05) is 6.07 Å². The average molecular weight is 355 g/mol. The lowest BCUT2D eigenvalue weighted by atomic mass is 9.95. The Balaban J connectivity index is 1.79. The van der Waals surface area contributed by atoms with Crippen LogP contribution in [-0.4, -0.2) is 29.6 Å². The van der Waals surface area contributed by atoms with E-state index in [1.165, 1.54) is 18.9 Å². The number of nitrogens with one attached hydrogen (secondary N) is 1. The van der Waals surface area contributed by atoms with Crippen LogP contribution in [-0.2, 0) is 6.54 Å². The van der Waals surface area contributed by atoms with Crippen LogP contribution >= 0.6 is 15.9 Å². The van der Waals surface area contributed by atoms with Gasteiger partial charge in [-0.05, 0) is 73.1 Å². The summed E-state index contributed by atoms with van der Waals surface area (Å²) in [6, 6.07) is 5.85. The standard InChI is InChI=1S/C17H24BrFN2/c1-12-8-9-20-17(2,14-6-7-14)11-21(12)10-13-4-3-5-15(19)16(13)18/h3-5,12,14,20H,6-11H2,1-2H3. The maximum Gasteiger partial charge on any atom is 0.137 e. The van der Waals surface area contributed by atoms with E-state index in [0.29, 0.717) is 10.5 Å². The Kier molecular flexibility index (Phi) is 4.40. The van der Waals surface area contributed by atoms with Crippen molar-refractivity contribution in [2.45, 2.75) is 51.2 Å². The fourth-order valence-electron chi connectivity index (χ4n) is 3.48. The largest absolute Gasteiger partial charge is 0.310 e. The van der Waals surface area contributed by atoms with Crippen LogP contribution in [0.25, 0.3) is 0 Å². The lowest BCUT2D eigenvalue weighted by molar-refractivity contribution is 0.154. The summed E-state index contributed by atoms with van der Waals surface area (Å²) in [6.07, 6.45) is 3.83. The molecule has 0 aromatic heterocycles. The number of hydrogen-bond donors (Lipinski definition) is 1. The number of hydrogen-bond acceptors (Lipinski definition) is 2. The van der Waals surface area contributed by atoms with Crippen LogP contribution in [0.1, 0.15) is 38.7 Å². The highest BCUT2D eigenvalue weighted by molar-refractivity contribution is 9.10. The number of rotatable bonds is 3. The molecule has 0 amide bonds. The highest BCUT2D eigenvalue weighted by Gasteiger charge is 2.43. The van der Waals surface area contributed by atoms with Gasteiger partial charge in [-0.25, -0.2) is 4.39 Å². The van der Waals surface area contributed by atoms with Crippen LogP contribution in [0.3, 0.4) is 0 Å². The van der Waals surface area contributed by atoms with Crippen LogP contribution in [0.5, 0.6) is 0 Å². The summed E-state index contributed by atoms with van der Waals surface area (Å²) in [5.74, 6) is 0.638. The van der Waals surface area contributed by atoms with Gasteiger partial charge in [0.2, 0.25) is 0 Å². The summed E-state index contributed by atoms with van der Waals surface area (Å²) in [4.78, 5) is 2.51. The van der Waals surface area contributed by atoms with E-state index in [0.717, 1.165) is 37.5 Å². The van der Waals surface area contributed by atoms with Gasteiger partial charge in [0.1, 0.15) is 5.82 Å². The first-order chi connectivity index (χ1) is 9.99. The first-order valence-corrected chi connectivity index (χ1v) is 8.71. The van der Waals surface area contributed by atoms with Crippen molar-refractivity contribution in [1.82, 2.24) is 10.2 Å². The van der Waals surface area contributed by atoms with Crippen molar-refractivity contribution in [2.75, 3.05) is 13.1 Å². The van der Waals surface area contributed by atoms with Crippen LogP contribution in [0.2, 0.25) is 0 Å². The van der Waals surface area contributed by atoms with Crippen molar-refractivity contribution < 1.29 is 4.39 Å². The molecule has 2 unspecified atom stereocenters. The van der Waals surface area contributed by atoms with E-state index in [9.17, 15) is 4.39 Å². The fourth-order valence-corrected chi connectivity index (χ4v) is 3.87. The van der Waals surface area contributed by atoms with Crippen molar-refractivity contribution in [3.63, 3.8) is 0 Å². The molecule has 0 radical (unpaired) electrons. The Bertz CT molecular complexity index is 518. The lowest BCUT2D eigenvalue weighted by Crippen LogP contribution is -2.51. The van der Waals surface area contributed by atoms with Crippen molar-refractivity contribution in [1.29, 1.82) is 0 Å². The van der Waals surface area contributed by atoms with Crippen molar-refractivity contribution in [2.24, 2.45) is 5.92 Å². The average Bonchev–Trinajstić information content (AvgIpc) is 3.27. The van der Waals surface area contributed by atoms with Crippen LogP contribution in [0.15, 0.2) is 22.7 Å². The molecule has 116 valence electrons. The third-order valence-corrected chi connectivity index (χ3v) is 6.02. The van der Waals surface area contributed by atoms with Gasteiger partial charge in [0.05, 0.1) is 4.47 Å². The van der Waals surface area contributed by atoms with E-state index in [1.54, 1.807) is 6.07 Å². The molecule has 2 aliphatic rings. The van der Waals surface area contributed by atoms with E-state index in [2.05, 4.69) is 40.0 Å². The highest BCUT2D eigenvalue weighted by atomic mass is 79.9. The molecule has 1 aliphatic carbocycles. The molecule has 1 N–H and O–H groups in total. The normalized spacial score (nSPS) is 31.1. The Morgan fingerprint density at radius 1 is 1.38 bits per heavy atom. The van der Waals surface area contributed by atoms with Gasteiger partial charge in [-0.15, -0.1) is 0 Å². The molecule has 21 heavy (non-hydrogen) atoms. The Hall–Kier alpha value is -0.450. The molecule has 1 aromatic rings. The molecule has 2 fully saturated rings.